The quantitative estimate of drug-likeness (QED) is 0.794. The van der Waals surface area contributed by atoms with Crippen molar-refractivity contribution in [1.29, 1.82) is 0 Å². The van der Waals surface area contributed by atoms with Crippen LogP contribution in [-0.4, -0.2) is 28.8 Å². The highest BCUT2D eigenvalue weighted by Crippen LogP contribution is 2.17. The maximum atomic E-state index is 11.4. The van der Waals surface area contributed by atoms with E-state index in [9.17, 15) is 4.79 Å². The van der Waals surface area contributed by atoms with Crippen molar-refractivity contribution in [3.05, 3.63) is 12.2 Å². The van der Waals surface area contributed by atoms with Gasteiger partial charge in [-0.05, 0) is 12.8 Å². The molecule has 1 aliphatic carbocycles. The van der Waals surface area contributed by atoms with Gasteiger partial charge in [0.15, 0.2) is 6.33 Å². The monoisotopic (exact) mass is 224 g/mol. The molecule has 6 nitrogen and oxygen atoms in total. The molecule has 88 valence electrons. The van der Waals surface area contributed by atoms with Gasteiger partial charge in [-0.2, -0.15) is 4.98 Å². The standard InChI is InChI=1S/C10H16N4O2/c15-10(14-8-3-1-2-4-8)11-6-5-9-12-7-13-16-9/h7-8H,1-6H2,(H2,11,14,15). The summed E-state index contributed by atoms with van der Waals surface area (Å²) in [6.07, 6.45) is 6.54. The third-order valence-electron chi connectivity index (χ3n) is 2.72. The molecule has 0 atom stereocenters. The summed E-state index contributed by atoms with van der Waals surface area (Å²) < 4.78 is 4.82. The Morgan fingerprint density at radius 3 is 3.00 bits per heavy atom. The number of nitrogens with zero attached hydrogens (tertiary/aromatic N) is 2. The number of carbonyl (C=O) groups is 1. The van der Waals surface area contributed by atoms with Crippen LogP contribution in [0.1, 0.15) is 31.6 Å². The number of hydrogen-bond acceptors (Lipinski definition) is 4. The molecule has 1 aromatic rings. The summed E-state index contributed by atoms with van der Waals surface area (Å²) in [5, 5.41) is 9.20. The highest BCUT2D eigenvalue weighted by molar-refractivity contribution is 5.74. The molecular formula is C10H16N4O2. The van der Waals surface area contributed by atoms with E-state index < -0.39 is 0 Å². The average Bonchev–Trinajstić information content (AvgIpc) is 2.90. The Hall–Kier alpha value is -1.59. The van der Waals surface area contributed by atoms with Crippen LogP contribution in [0.3, 0.4) is 0 Å². The molecule has 2 N–H and O–H groups in total. The smallest absolute Gasteiger partial charge is 0.315 e. The topological polar surface area (TPSA) is 80.1 Å². The second-order valence-corrected chi connectivity index (χ2v) is 3.97. The van der Waals surface area contributed by atoms with Gasteiger partial charge in [0.1, 0.15) is 0 Å². The zero-order valence-electron chi connectivity index (χ0n) is 9.11. The highest BCUT2D eigenvalue weighted by Gasteiger charge is 2.16. The highest BCUT2D eigenvalue weighted by atomic mass is 16.5. The van der Waals surface area contributed by atoms with Gasteiger partial charge in [0.05, 0.1) is 0 Å². The fraction of sp³-hybridized carbons (Fsp3) is 0.700. The molecule has 1 heterocycles. The number of nitrogens with one attached hydrogen (secondary N) is 2. The summed E-state index contributed by atoms with van der Waals surface area (Å²) in [5.41, 5.74) is 0. The Balaban J connectivity index is 1.60. The van der Waals surface area contributed by atoms with E-state index in [4.69, 9.17) is 4.52 Å². The molecule has 0 unspecified atom stereocenters. The van der Waals surface area contributed by atoms with Crippen LogP contribution >= 0.6 is 0 Å². The molecule has 0 aromatic carbocycles. The average molecular weight is 224 g/mol. The maximum Gasteiger partial charge on any atom is 0.315 e. The molecule has 0 saturated heterocycles. The van der Waals surface area contributed by atoms with Crippen molar-refractivity contribution in [3.63, 3.8) is 0 Å². The molecule has 0 spiro atoms. The first kappa shape index (κ1) is 10.9. The summed E-state index contributed by atoms with van der Waals surface area (Å²) >= 11 is 0. The van der Waals surface area contributed by atoms with Crippen molar-refractivity contribution >= 4 is 6.03 Å². The van der Waals surface area contributed by atoms with Gasteiger partial charge in [0.2, 0.25) is 5.89 Å². The summed E-state index contributed by atoms with van der Waals surface area (Å²) in [6, 6.07) is 0.245. The first-order valence-corrected chi connectivity index (χ1v) is 5.64. The molecule has 16 heavy (non-hydrogen) atoms. The maximum absolute atomic E-state index is 11.4. The Bertz CT molecular complexity index is 320. The van der Waals surface area contributed by atoms with Gasteiger partial charge >= 0.3 is 6.03 Å². The van der Waals surface area contributed by atoms with E-state index in [2.05, 4.69) is 20.8 Å². The van der Waals surface area contributed by atoms with Crippen LogP contribution in [0.2, 0.25) is 0 Å². The molecule has 2 amide bonds. The van der Waals surface area contributed by atoms with E-state index in [1.807, 2.05) is 0 Å². The van der Waals surface area contributed by atoms with Crippen LogP contribution in [0.15, 0.2) is 10.9 Å². The van der Waals surface area contributed by atoms with Crippen LogP contribution < -0.4 is 10.6 Å². The second kappa shape index (κ2) is 5.48. The largest absolute Gasteiger partial charge is 0.340 e. The Labute approximate surface area is 93.8 Å². The van der Waals surface area contributed by atoms with Crippen LogP contribution in [0.25, 0.3) is 0 Å². The van der Waals surface area contributed by atoms with Crippen molar-refractivity contribution in [1.82, 2.24) is 20.8 Å². The molecule has 0 bridgehead atoms. The molecule has 0 aliphatic heterocycles. The minimum atomic E-state index is -0.105. The lowest BCUT2D eigenvalue weighted by Gasteiger charge is -2.12. The lowest BCUT2D eigenvalue weighted by molar-refractivity contribution is 0.237. The molecule has 2 rings (SSSR count). The van der Waals surface area contributed by atoms with E-state index in [1.54, 1.807) is 0 Å². The number of urea groups is 1. The van der Waals surface area contributed by atoms with Crippen LogP contribution in [0.5, 0.6) is 0 Å². The number of aromatic nitrogens is 2. The molecule has 1 aliphatic rings. The van der Waals surface area contributed by atoms with Crippen LogP contribution in [0, 0.1) is 0 Å². The summed E-state index contributed by atoms with van der Waals surface area (Å²) in [6.45, 7) is 0.515. The van der Waals surface area contributed by atoms with E-state index in [0.717, 1.165) is 12.8 Å². The van der Waals surface area contributed by atoms with Crippen molar-refractivity contribution in [2.75, 3.05) is 6.54 Å². The van der Waals surface area contributed by atoms with Gasteiger partial charge in [-0.1, -0.05) is 18.0 Å². The third kappa shape index (κ3) is 3.22. The van der Waals surface area contributed by atoms with E-state index in [0.29, 0.717) is 24.9 Å². The van der Waals surface area contributed by atoms with Crippen molar-refractivity contribution in [2.45, 2.75) is 38.1 Å². The molecule has 1 aromatic heterocycles. The van der Waals surface area contributed by atoms with Crippen molar-refractivity contribution in [2.24, 2.45) is 0 Å². The summed E-state index contributed by atoms with van der Waals surface area (Å²) in [4.78, 5) is 15.3. The predicted molar refractivity (Wildman–Crippen MR) is 56.8 cm³/mol. The number of rotatable bonds is 4. The second-order valence-electron chi connectivity index (χ2n) is 3.97. The Kier molecular flexibility index (Phi) is 3.74. The lowest BCUT2D eigenvalue weighted by atomic mass is 10.2. The summed E-state index contributed by atoms with van der Waals surface area (Å²) in [7, 11) is 0. The first-order chi connectivity index (χ1) is 7.84. The van der Waals surface area contributed by atoms with E-state index in [1.165, 1.54) is 19.2 Å². The zero-order valence-corrected chi connectivity index (χ0v) is 9.11. The Morgan fingerprint density at radius 1 is 1.50 bits per heavy atom. The fourth-order valence-electron chi connectivity index (χ4n) is 1.90. The van der Waals surface area contributed by atoms with Gasteiger partial charge in [-0.15, -0.1) is 0 Å². The third-order valence-corrected chi connectivity index (χ3v) is 2.72. The first-order valence-electron chi connectivity index (χ1n) is 5.64. The minimum absolute atomic E-state index is 0.105. The number of carbonyl (C=O) groups excluding carboxylic acids is 1. The van der Waals surface area contributed by atoms with E-state index in [-0.39, 0.29) is 6.03 Å². The molecular weight excluding hydrogens is 208 g/mol. The summed E-state index contributed by atoms with van der Waals surface area (Å²) in [5.74, 6) is 0.543. The predicted octanol–water partition coefficient (Wildman–Crippen LogP) is 0.854. The van der Waals surface area contributed by atoms with Gasteiger partial charge < -0.3 is 15.2 Å². The van der Waals surface area contributed by atoms with Crippen LogP contribution in [0.4, 0.5) is 4.79 Å². The van der Waals surface area contributed by atoms with Crippen molar-refractivity contribution in [3.8, 4) is 0 Å². The van der Waals surface area contributed by atoms with Gasteiger partial charge in [0, 0.05) is 19.0 Å². The minimum Gasteiger partial charge on any atom is -0.340 e. The van der Waals surface area contributed by atoms with Gasteiger partial charge in [-0.3, -0.25) is 0 Å². The normalized spacial score (nSPS) is 16.2. The van der Waals surface area contributed by atoms with Crippen molar-refractivity contribution < 1.29 is 9.32 Å². The Morgan fingerprint density at radius 2 is 2.31 bits per heavy atom. The number of hydrogen-bond donors (Lipinski definition) is 2. The van der Waals surface area contributed by atoms with Gasteiger partial charge in [0.25, 0.3) is 0 Å². The molecule has 0 radical (unpaired) electrons. The fourth-order valence-corrected chi connectivity index (χ4v) is 1.90. The lowest BCUT2D eigenvalue weighted by Crippen LogP contribution is -2.41. The SMILES string of the molecule is O=C(NCCc1ncno1)NC1CCCC1. The molecule has 1 fully saturated rings. The van der Waals surface area contributed by atoms with Crippen LogP contribution in [-0.2, 0) is 6.42 Å². The van der Waals surface area contributed by atoms with E-state index >= 15 is 0 Å². The zero-order chi connectivity index (χ0) is 11.2. The van der Waals surface area contributed by atoms with Gasteiger partial charge in [-0.25, -0.2) is 4.79 Å². The number of amides is 2. The molecule has 1 saturated carbocycles. The molecule has 6 heteroatoms.